The van der Waals surface area contributed by atoms with Crippen LogP contribution in [0.25, 0.3) is 0 Å². The lowest BCUT2D eigenvalue weighted by molar-refractivity contribution is -0.318. The molecule has 0 spiro atoms. The van der Waals surface area contributed by atoms with E-state index in [1.54, 1.807) is 61.6 Å². The fraction of sp³-hybridized carbons (Fsp3) is 0.789. The number of carboxylic acids is 3. The fourth-order valence-electron chi connectivity index (χ4n) is 15.5. The Bertz CT molecular complexity index is 4240. The summed E-state index contributed by atoms with van der Waals surface area (Å²) in [5.41, 5.74) is 19.5. The second-order valence-electron chi connectivity index (χ2n) is 39.2. The number of unbranched alkanes of at least 4 members (excludes halogenated alkanes) is 10. The van der Waals surface area contributed by atoms with Crippen LogP contribution < -0.4 is 102 Å². The Kier molecular flexibility index (Phi) is 65.0. The largest absolute Gasteiger partial charge is 0.481 e. The Morgan fingerprint density at radius 3 is 1.07 bits per heavy atom. The van der Waals surface area contributed by atoms with Gasteiger partial charge in [-0.3, -0.25) is 95.9 Å². The Morgan fingerprint density at radius 1 is 0.349 bits per heavy atom. The van der Waals surface area contributed by atoms with Gasteiger partial charge in [0.2, 0.25) is 88.6 Å². The van der Waals surface area contributed by atoms with Crippen molar-refractivity contribution in [1.29, 1.82) is 0 Å². The van der Waals surface area contributed by atoms with Gasteiger partial charge >= 0.3 is 17.9 Å². The Labute approximate surface area is 867 Å². The van der Waals surface area contributed by atoms with Gasteiger partial charge in [0.25, 0.3) is 5.91 Å². The maximum absolute atomic E-state index is 14.4. The highest BCUT2D eigenvalue weighted by Gasteiger charge is 2.49. The fourth-order valence-corrected chi connectivity index (χ4v) is 15.5. The van der Waals surface area contributed by atoms with Crippen molar-refractivity contribution in [2.45, 2.75) is 409 Å². The molecule has 2 saturated heterocycles. The summed E-state index contributed by atoms with van der Waals surface area (Å²) in [6.07, 6.45) is -9.68. The van der Waals surface area contributed by atoms with Gasteiger partial charge in [0.1, 0.15) is 140 Å². The van der Waals surface area contributed by atoms with Gasteiger partial charge in [-0.2, -0.15) is 5.48 Å². The third-order valence-electron chi connectivity index (χ3n) is 24.0. The second-order valence-corrected chi connectivity index (χ2v) is 39.2. The number of nitrogens with zero attached hydrogens (tertiary/aromatic N) is 1. The average Bonchev–Trinajstić information content (AvgIpc) is 0.800. The standard InChI is InChI=1S/C95H168N20O34/c1-14-15-16-17-18-19-20-26-40-100-146-47-69(117)99-39-27-23-28-57(80(98)131)105-91(142)65(43-51(6)7)113-89(140)62(33-36-73(123)124)110-93(144)66(44-52(8)9)114-88(139)61(32-35-72(121)122)108-83(134)55(12)102-85(136)58(29-21-24-37-96)106-82(133)54(11)103-86(137)59(30-22-25-38-97)109-92(143)64(42-50(4)5)111-84(135)56(13)104-90(141)63(41-49(2)3)112-87(138)60(31-34-71(119)120)107-81(132)53(10)101-70(118)48-147-115-94-78(129)76(127)75(126)68(148-94)46-145-95-79(130)77(128)74(125)67(45-116)149-95/h40,49-68,74-79,94-95,115-116,125-130H,14-39,41-48,96-97H2,1-13H3,(H2,98,131)(H,99,117)(H,101,118)(H,102,136)(H,103,137)(H,104,141)(H,105,142)(H,106,133)(H,107,132)(H,108,134)(H,109,143)(H,110,144)(H,111,135)(H,112,138)(H,113,140)(H,114,139)(H,119,120)(H,121,122)(H,123,124)/b100-40+/t53-,54-,55-,56-,57-,58-,59-,60-,61-,62-,63-,64-,65-,66-,67+,68+,74+,75+,76-,77-,78+,79+,94?,95+/m0/s1. The number of carboxylic acid groups (broad SMARTS) is 3. The van der Waals surface area contributed by atoms with Crippen LogP contribution in [0.15, 0.2) is 5.16 Å². The van der Waals surface area contributed by atoms with Gasteiger partial charge < -0.3 is 167 Å². The molecule has 2 heterocycles. The number of carbonyl (C=O) groups is 19. The number of nitrogens with two attached hydrogens (primary N) is 3. The number of aliphatic hydroxyl groups is 7. The third-order valence-corrected chi connectivity index (χ3v) is 24.0. The normalized spacial score (nSPS) is 20.5. The maximum atomic E-state index is 14.4. The van der Waals surface area contributed by atoms with Crippen molar-refractivity contribution in [2.24, 2.45) is 46.0 Å². The number of ether oxygens (including phenoxy) is 3. The smallest absolute Gasteiger partial charge is 0.303 e. The van der Waals surface area contributed by atoms with E-state index in [0.717, 1.165) is 19.3 Å². The summed E-state index contributed by atoms with van der Waals surface area (Å²) in [7, 11) is 0. The molecule has 0 radical (unpaired) electrons. The molecular weight excluding hydrogens is 1970 g/mol. The number of hydrogen-bond donors (Lipinski definition) is 29. The molecule has 24 atom stereocenters. The highest BCUT2D eigenvalue weighted by molar-refractivity contribution is 6.01. The minimum absolute atomic E-state index is 0.0227. The number of amides is 16. The lowest BCUT2D eigenvalue weighted by Gasteiger charge is -2.42. The van der Waals surface area contributed by atoms with Gasteiger partial charge in [-0.1, -0.05) is 106 Å². The van der Waals surface area contributed by atoms with Crippen LogP contribution in [-0.4, -0.2) is 362 Å². The van der Waals surface area contributed by atoms with Crippen molar-refractivity contribution < 1.29 is 166 Å². The number of aliphatic hydroxyl groups excluding tert-OH is 7. The molecule has 0 aromatic rings. The van der Waals surface area contributed by atoms with Crippen LogP contribution in [0.4, 0.5) is 0 Å². The molecule has 149 heavy (non-hydrogen) atoms. The first-order valence-corrected chi connectivity index (χ1v) is 51.2. The van der Waals surface area contributed by atoms with Gasteiger partial charge in [-0.05, 0) is 180 Å². The van der Waals surface area contributed by atoms with Crippen LogP contribution >= 0.6 is 0 Å². The van der Waals surface area contributed by atoms with Crippen LogP contribution in [-0.2, 0) is 115 Å². The lowest BCUT2D eigenvalue weighted by atomic mass is 9.98. The zero-order valence-corrected chi connectivity index (χ0v) is 87.7. The quantitative estimate of drug-likeness (QED) is 0.0153. The summed E-state index contributed by atoms with van der Waals surface area (Å²) in [5, 5.41) is 142. The Balaban J connectivity index is 2.26. The molecule has 2 aliphatic heterocycles. The van der Waals surface area contributed by atoms with Crippen LogP contribution in [0, 0.1) is 23.7 Å². The summed E-state index contributed by atoms with van der Waals surface area (Å²) in [6.45, 7) is 18.3. The van der Waals surface area contributed by atoms with Crippen molar-refractivity contribution in [1.82, 2.24) is 85.2 Å². The molecule has 32 N–H and O–H groups in total. The van der Waals surface area contributed by atoms with E-state index in [1.807, 2.05) is 0 Å². The minimum atomic E-state index is -1.94. The van der Waals surface area contributed by atoms with Gasteiger partial charge in [-0.15, -0.1) is 0 Å². The lowest BCUT2D eigenvalue weighted by Crippen LogP contribution is -2.63. The number of primary amides is 1. The maximum Gasteiger partial charge on any atom is 0.303 e. The molecule has 1 unspecified atom stereocenters. The van der Waals surface area contributed by atoms with E-state index in [1.165, 1.54) is 53.4 Å². The molecule has 0 aliphatic carbocycles. The van der Waals surface area contributed by atoms with Gasteiger partial charge in [0.05, 0.1) is 13.2 Å². The minimum Gasteiger partial charge on any atom is -0.481 e. The van der Waals surface area contributed by atoms with E-state index in [-0.39, 0.29) is 102 Å². The highest BCUT2D eigenvalue weighted by atomic mass is 16.7. The molecule has 16 amide bonds. The monoisotopic (exact) mass is 2130 g/mol. The van der Waals surface area contributed by atoms with E-state index in [9.17, 15) is 142 Å². The Morgan fingerprint density at radius 2 is 0.678 bits per heavy atom. The summed E-state index contributed by atoms with van der Waals surface area (Å²) in [6, 6.07) is -21.1. The summed E-state index contributed by atoms with van der Waals surface area (Å²) >= 11 is 0. The van der Waals surface area contributed by atoms with E-state index >= 15 is 0 Å². The Hall–Kier alpha value is -11.2. The molecule has 852 valence electrons. The number of rotatable bonds is 77. The molecule has 0 bridgehead atoms. The predicted molar refractivity (Wildman–Crippen MR) is 533 cm³/mol. The molecule has 2 fully saturated rings. The SMILES string of the molecule is CCCCCCCCC/C=N/OCC(=O)NCCCC[C@H](NC(=O)[C@H](CC(C)C)NC(=O)[C@H](CCC(=O)O)NC(=O)[C@H](CC(C)C)NC(=O)[C@H](CCC(=O)O)NC(=O)[C@H](C)NC(=O)[C@H](CCCCN)NC(=O)[C@H](C)NC(=O)[C@H](CCCCN)NC(=O)[C@H](CC(C)C)NC(=O)[C@H](C)NC(=O)[C@H](CC(C)C)NC(=O)[C@H](CCC(=O)O)NC(=O)[C@H](C)NC(=O)CONC1O[C@H](CO[C@@H]2O[C@H](CO)[C@@H](O)[C@H](O)[C@H]2O)[C@@H](O)[C@H](O)[C@H]1O)C(N)=O. The molecule has 0 aromatic heterocycles. The van der Waals surface area contributed by atoms with Crippen LogP contribution in [0.5, 0.6) is 0 Å². The summed E-state index contributed by atoms with van der Waals surface area (Å²) in [5.74, 6) is -20.8. The van der Waals surface area contributed by atoms with Crippen LogP contribution in [0.3, 0.4) is 0 Å². The van der Waals surface area contributed by atoms with Gasteiger partial charge in [0.15, 0.2) is 19.1 Å². The summed E-state index contributed by atoms with van der Waals surface area (Å²) < 4.78 is 16.2. The highest BCUT2D eigenvalue weighted by Crippen LogP contribution is 2.27. The first-order chi connectivity index (χ1) is 70.2. The van der Waals surface area contributed by atoms with E-state index in [2.05, 4.69) is 97.3 Å². The first-order valence-electron chi connectivity index (χ1n) is 51.2. The molecular formula is C95H168N20O34. The number of carbonyl (C=O) groups excluding carboxylic acids is 16. The number of nitrogens with one attached hydrogen (secondary N) is 16. The van der Waals surface area contributed by atoms with Crippen molar-refractivity contribution in [3.63, 3.8) is 0 Å². The number of hydroxylamine groups is 1. The summed E-state index contributed by atoms with van der Waals surface area (Å²) in [4.78, 5) is 269. The third kappa shape index (κ3) is 53.4. The number of aliphatic carboxylic acids is 3. The van der Waals surface area contributed by atoms with Crippen molar-refractivity contribution in [2.75, 3.05) is 46.1 Å². The zero-order valence-electron chi connectivity index (χ0n) is 87.7. The molecule has 54 heteroatoms. The van der Waals surface area contributed by atoms with Crippen molar-refractivity contribution in [3.8, 4) is 0 Å². The molecule has 54 nitrogen and oxygen atoms in total. The molecule has 2 aliphatic rings. The molecule has 0 saturated carbocycles. The van der Waals surface area contributed by atoms with E-state index in [4.69, 9.17) is 41.1 Å². The van der Waals surface area contributed by atoms with Crippen molar-refractivity contribution >= 4 is 119 Å². The molecule has 2 rings (SSSR count). The predicted octanol–water partition coefficient (Wildman–Crippen LogP) is -6.05. The van der Waals surface area contributed by atoms with Gasteiger partial charge in [0, 0.05) is 32.0 Å². The number of oxime groups is 1. The number of hydrogen-bond acceptors (Lipinski definition) is 35. The zero-order chi connectivity index (χ0) is 112. The second kappa shape index (κ2) is 72.3. The van der Waals surface area contributed by atoms with Crippen LogP contribution in [0.2, 0.25) is 0 Å². The van der Waals surface area contributed by atoms with Crippen molar-refractivity contribution in [3.05, 3.63) is 0 Å². The van der Waals surface area contributed by atoms with Crippen LogP contribution in [0.1, 0.15) is 263 Å². The van der Waals surface area contributed by atoms with Gasteiger partial charge in [-0.25, -0.2) is 0 Å². The van der Waals surface area contributed by atoms with E-state index < -0.39 is 323 Å². The molecule has 0 aromatic carbocycles. The van der Waals surface area contributed by atoms with E-state index in [0.29, 0.717) is 32.1 Å². The average molecular weight is 2130 g/mol. The first kappa shape index (κ1) is 134. The topological polar surface area (TPSA) is 856 Å².